The third-order valence-electron chi connectivity index (χ3n) is 13.0. The first-order valence-corrected chi connectivity index (χ1v) is 27.9. The van der Waals surface area contributed by atoms with E-state index >= 15 is 0 Å². The van der Waals surface area contributed by atoms with Gasteiger partial charge >= 0.3 is 0 Å². The molecule has 0 spiro atoms. The minimum absolute atomic E-state index is 0.0666. The maximum absolute atomic E-state index is 13.3. The zero-order chi connectivity index (χ0) is 54.0. The number of aromatic nitrogens is 2. The molecule has 2 aromatic heterocycles. The Hall–Kier alpha value is -6.28. The van der Waals surface area contributed by atoms with E-state index in [1.165, 1.54) is 56.7 Å². The number of hydrogen-bond donors (Lipinski definition) is 2. The Bertz CT molecular complexity index is 3060. The molecule has 0 saturated heterocycles. The van der Waals surface area contributed by atoms with Gasteiger partial charge < -0.3 is 9.47 Å². The van der Waals surface area contributed by atoms with Crippen LogP contribution >= 0.6 is 0 Å². The highest BCUT2D eigenvalue weighted by Gasteiger charge is 2.20. The summed E-state index contributed by atoms with van der Waals surface area (Å²) in [5, 5.41) is 0.871. The molecule has 0 aliphatic carbocycles. The monoisotopic (exact) mass is 1050 g/mol. The van der Waals surface area contributed by atoms with Gasteiger partial charge in [-0.3, -0.25) is 47.2 Å². The van der Waals surface area contributed by atoms with Crippen molar-refractivity contribution in [2.45, 2.75) is 115 Å². The lowest BCUT2D eigenvalue weighted by Crippen LogP contribution is -2.26. The van der Waals surface area contributed by atoms with E-state index in [1.54, 1.807) is 38.5 Å². The first kappa shape index (κ1) is 58.6. The molecule has 7 rings (SSSR count). The highest BCUT2D eigenvalue weighted by Crippen LogP contribution is 2.22. The fourth-order valence-electron chi connectivity index (χ4n) is 8.66. The number of hydrogen-bond acceptors (Lipinski definition) is 12. The van der Waals surface area contributed by atoms with Crippen molar-refractivity contribution in [3.05, 3.63) is 173 Å². The molecule has 2 N–H and O–H groups in total. The Labute approximate surface area is 434 Å². The number of nitrogens with zero attached hydrogens (tertiary/aromatic N) is 4. The van der Waals surface area contributed by atoms with Crippen molar-refractivity contribution in [2.24, 2.45) is 0 Å². The third kappa shape index (κ3) is 16.4. The van der Waals surface area contributed by atoms with E-state index in [1.807, 2.05) is 50.2 Å². The number of para-hydroxylation sites is 2. The Morgan fingerprint density at radius 1 is 0.459 bits per heavy atom. The molecule has 18 heteroatoms. The van der Waals surface area contributed by atoms with Crippen LogP contribution in [0.3, 0.4) is 0 Å². The van der Waals surface area contributed by atoms with E-state index in [4.69, 9.17) is 18.6 Å². The minimum Gasteiger partial charge on any atom is -0.496 e. The maximum atomic E-state index is 13.3. The number of ether oxygens (including phenoxy) is 2. The average molecular weight is 1060 g/mol. The van der Waals surface area contributed by atoms with Crippen molar-refractivity contribution < 1.29 is 35.4 Å². The number of fused-ring (bicyclic) bond motifs is 2. The average Bonchev–Trinajstić information content (AvgIpc) is 3.76. The second-order valence-corrected chi connectivity index (χ2v) is 21.1. The summed E-state index contributed by atoms with van der Waals surface area (Å²) >= 11 is 0. The molecule has 0 saturated carbocycles. The van der Waals surface area contributed by atoms with Crippen LogP contribution in [0.1, 0.15) is 87.5 Å². The van der Waals surface area contributed by atoms with Gasteiger partial charge in [-0.2, -0.15) is 16.8 Å². The van der Waals surface area contributed by atoms with Gasteiger partial charge in [-0.1, -0.05) is 111 Å². The zero-order valence-electron chi connectivity index (χ0n) is 43.3. The lowest BCUT2D eigenvalue weighted by atomic mass is 10.1. The van der Waals surface area contributed by atoms with Crippen LogP contribution in [0.25, 0.3) is 21.5 Å². The standard InChI is InChI=1S/C42H54N4O6.2C7H8O3S/c1-5-43(29-31-19-11-13-21-37(31)51-3)23-15-7-9-17-25-45-39(47)33-27-35-36(28-34(33)40(45)48)42(50)46(41(35)49)26-18-10-8-16-24-44(6-2)30-32-20-12-14-22-38(32)52-4;2*1-6-2-4-7(5-3-6)11(8,9)10/h11-14,19-22,27-28H,5-10,15-18,23-26,29-30H2,1-4H3;2*2-5H,1H3,(H,8,9,10). The molecule has 0 unspecified atom stereocenters. The van der Waals surface area contributed by atoms with Crippen molar-refractivity contribution in [2.75, 3.05) is 40.4 Å². The Morgan fingerprint density at radius 3 is 1.07 bits per heavy atom. The molecule has 0 fully saturated rings. The summed E-state index contributed by atoms with van der Waals surface area (Å²) < 4.78 is 72.6. The predicted octanol–water partition coefficient (Wildman–Crippen LogP) is 8.58. The summed E-state index contributed by atoms with van der Waals surface area (Å²) in [6, 6.07) is 31.1. The van der Waals surface area contributed by atoms with Crippen molar-refractivity contribution in [1.29, 1.82) is 0 Å². The van der Waals surface area contributed by atoms with Crippen LogP contribution in [0.4, 0.5) is 0 Å². The van der Waals surface area contributed by atoms with Gasteiger partial charge in [0.1, 0.15) is 11.5 Å². The van der Waals surface area contributed by atoms with Crippen molar-refractivity contribution in [1.82, 2.24) is 18.9 Å². The summed E-state index contributed by atoms with van der Waals surface area (Å²) in [7, 11) is -4.65. The predicted molar refractivity (Wildman–Crippen MR) is 292 cm³/mol. The van der Waals surface area contributed by atoms with Gasteiger partial charge in [-0.25, -0.2) is 0 Å². The molecule has 74 heavy (non-hydrogen) atoms. The van der Waals surface area contributed by atoms with Gasteiger partial charge in [0.15, 0.2) is 0 Å². The molecular weight excluding hydrogens is 985 g/mol. The third-order valence-corrected chi connectivity index (χ3v) is 14.7. The molecule has 0 bridgehead atoms. The molecule has 0 amide bonds. The maximum Gasteiger partial charge on any atom is 0.294 e. The van der Waals surface area contributed by atoms with E-state index in [9.17, 15) is 36.0 Å². The molecule has 2 heterocycles. The van der Waals surface area contributed by atoms with E-state index in [-0.39, 0.29) is 53.6 Å². The largest absolute Gasteiger partial charge is 0.496 e. The number of benzene rings is 5. The number of methoxy groups -OCH3 is 2. The van der Waals surface area contributed by atoms with Gasteiger partial charge in [0.25, 0.3) is 42.5 Å². The van der Waals surface area contributed by atoms with Gasteiger partial charge in [0.05, 0.1) is 45.6 Å². The molecule has 0 aliphatic rings. The van der Waals surface area contributed by atoms with E-state index in [2.05, 4.69) is 35.8 Å². The van der Waals surface area contributed by atoms with Crippen LogP contribution in [0.2, 0.25) is 0 Å². The highest BCUT2D eigenvalue weighted by atomic mass is 32.2. The smallest absolute Gasteiger partial charge is 0.294 e. The van der Waals surface area contributed by atoms with E-state index in [0.29, 0.717) is 25.9 Å². The molecule has 5 aromatic carbocycles. The van der Waals surface area contributed by atoms with Crippen molar-refractivity contribution in [3.63, 3.8) is 0 Å². The number of aryl methyl sites for hydroxylation is 2. The lowest BCUT2D eigenvalue weighted by Gasteiger charge is -2.21. The molecule has 0 aliphatic heterocycles. The van der Waals surface area contributed by atoms with Gasteiger partial charge in [-0.15, -0.1) is 0 Å². The SMILES string of the molecule is CCN(CCCCCCn1c(=O)c2cc3c(=O)n(CCCCCCN(CC)Cc4ccccc4OC)c(=O)c3cc2c1=O)Cc1ccccc1OC.Cc1ccc(S(=O)(=O)O)cc1.Cc1ccc(S(=O)(=O)O)cc1. The number of rotatable bonds is 24. The van der Waals surface area contributed by atoms with Gasteiger partial charge in [0, 0.05) is 37.3 Å². The van der Waals surface area contributed by atoms with Crippen LogP contribution in [0.15, 0.2) is 138 Å². The van der Waals surface area contributed by atoms with E-state index < -0.39 is 20.2 Å². The zero-order valence-corrected chi connectivity index (χ0v) is 44.9. The second-order valence-electron chi connectivity index (χ2n) is 18.2. The second kappa shape index (κ2) is 27.9. The summed E-state index contributed by atoms with van der Waals surface area (Å²) in [6.45, 7) is 14.1. The van der Waals surface area contributed by atoms with Crippen molar-refractivity contribution in [3.8, 4) is 11.5 Å². The van der Waals surface area contributed by atoms with Crippen molar-refractivity contribution >= 4 is 41.8 Å². The normalized spacial score (nSPS) is 11.7. The quantitative estimate of drug-likeness (QED) is 0.0429. The first-order chi connectivity index (χ1) is 35.3. The molecule has 0 radical (unpaired) electrons. The van der Waals surface area contributed by atoms with Crippen LogP contribution in [0, 0.1) is 13.8 Å². The van der Waals surface area contributed by atoms with Crippen LogP contribution in [0.5, 0.6) is 11.5 Å². The topological polar surface area (TPSA) is 212 Å². The summed E-state index contributed by atoms with van der Waals surface area (Å²) in [4.78, 5) is 57.8. The molecule has 0 atom stereocenters. The fraction of sp³-hybridized carbons (Fsp3) is 0.393. The van der Waals surface area contributed by atoms with Gasteiger partial charge in [-0.05, 0) is 114 Å². The first-order valence-electron chi connectivity index (χ1n) is 25.0. The summed E-state index contributed by atoms with van der Waals surface area (Å²) in [6.07, 6.45) is 7.19. The summed E-state index contributed by atoms with van der Waals surface area (Å²) in [5.74, 6) is 1.80. The lowest BCUT2D eigenvalue weighted by molar-refractivity contribution is 0.267. The molecular formula is C56H70N4O12S2. The Kier molecular flexibility index (Phi) is 22.1. The molecule has 7 aromatic rings. The minimum atomic E-state index is -4.02. The summed E-state index contributed by atoms with van der Waals surface area (Å²) in [5.41, 5.74) is 2.70. The molecule has 16 nitrogen and oxygen atoms in total. The van der Waals surface area contributed by atoms with Crippen LogP contribution < -0.4 is 31.7 Å². The Morgan fingerprint density at radius 2 is 0.770 bits per heavy atom. The number of unbranched alkanes of at least 4 members (excludes halogenated alkanes) is 6. The van der Waals surface area contributed by atoms with Gasteiger partial charge in [0.2, 0.25) is 0 Å². The van der Waals surface area contributed by atoms with Crippen LogP contribution in [-0.4, -0.2) is 85.3 Å². The van der Waals surface area contributed by atoms with Crippen LogP contribution in [-0.2, 0) is 46.4 Å². The fourth-order valence-corrected chi connectivity index (χ4v) is 9.62. The highest BCUT2D eigenvalue weighted by molar-refractivity contribution is 7.86. The Balaban J connectivity index is 0.000000376. The molecule has 398 valence electrons. The van der Waals surface area contributed by atoms with E-state index in [0.717, 1.165) is 100 Å².